The van der Waals surface area contributed by atoms with Gasteiger partial charge in [-0.1, -0.05) is 37.4 Å². The smallest absolute Gasteiger partial charge is 0.323 e. The Bertz CT molecular complexity index is 1130. The van der Waals surface area contributed by atoms with E-state index in [9.17, 15) is 14.7 Å². The number of urea groups is 1. The van der Waals surface area contributed by atoms with Gasteiger partial charge in [-0.25, -0.2) is 4.79 Å². The van der Waals surface area contributed by atoms with Gasteiger partial charge in [0.1, 0.15) is 17.5 Å². The van der Waals surface area contributed by atoms with Crippen LogP contribution in [-0.4, -0.2) is 77.4 Å². The van der Waals surface area contributed by atoms with Gasteiger partial charge in [0.15, 0.2) is 11.5 Å². The average Bonchev–Trinajstić information content (AvgIpc) is 3.23. The Morgan fingerprint density at radius 2 is 1.95 bits per heavy atom. The van der Waals surface area contributed by atoms with E-state index in [0.29, 0.717) is 53.1 Å². The number of rotatable bonds is 8. The number of hydrogen-bond donors (Lipinski definition) is 3. The molecule has 3 amide bonds. The number of carbonyl (C=O) groups excluding carboxylic acids is 2. The van der Waals surface area contributed by atoms with Crippen molar-refractivity contribution in [2.75, 3.05) is 43.9 Å². The number of fused-ring (bicyclic) bond motifs is 1. The monoisotopic (exact) mass is 541 g/mol. The minimum Gasteiger partial charge on any atom is -0.486 e. The molecule has 4 rings (SSSR count). The first-order valence-electron chi connectivity index (χ1n) is 14.1. The first-order valence-corrected chi connectivity index (χ1v) is 14.1. The fourth-order valence-corrected chi connectivity index (χ4v) is 5.68. The third-order valence-electron chi connectivity index (χ3n) is 8.00. The minimum absolute atomic E-state index is 0.00547. The molecule has 214 valence electrons. The van der Waals surface area contributed by atoms with Gasteiger partial charge in [0.25, 0.3) is 5.91 Å². The number of nitrogens with zero attached hydrogens (tertiary/aromatic N) is 3. The number of aryl methyl sites for hydroxylation is 2. The SMILES string of the molecule is Cc1noc(C)c1NC(=O)Nc1cccc2c1O[C@H](CN(C)CC1CCCCC1)[C@H](C)CN([C@@H](C)CO)C2=O. The maximum absolute atomic E-state index is 13.7. The number of likely N-dealkylation sites (N-methyl/N-ethyl adjacent to an activating group) is 1. The molecular weight excluding hydrogens is 498 g/mol. The predicted octanol–water partition coefficient (Wildman–Crippen LogP) is 4.67. The molecule has 0 radical (unpaired) electrons. The maximum atomic E-state index is 13.7. The van der Waals surface area contributed by atoms with Gasteiger partial charge in [-0.2, -0.15) is 0 Å². The molecule has 1 aromatic heterocycles. The second-order valence-corrected chi connectivity index (χ2v) is 11.3. The first-order chi connectivity index (χ1) is 18.7. The van der Waals surface area contributed by atoms with Gasteiger partial charge in [-0.3, -0.25) is 4.79 Å². The van der Waals surface area contributed by atoms with Crippen molar-refractivity contribution < 1.29 is 24.0 Å². The summed E-state index contributed by atoms with van der Waals surface area (Å²) in [4.78, 5) is 30.7. The third kappa shape index (κ3) is 6.91. The molecule has 1 aliphatic carbocycles. The fraction of sp³-hybridized carbons (Fsp3) is 0.621. The van der Waals surface area contributed by atoms with Crippen molar-refractivity contribution in [3.63, 3.8) is 0 Å². The number of aliphatic hydroxyl groups excluding tert-OH is 1. The van der Waals surface area contributed by atoms with Crippen molar-refractivity contribution in [2.45, 2.75) is 71.9 Å². The molecule has 0 saturated heterocycles. The highest BCUT2D eigenvalue weighted by molar-refractivity contribution is 6.04. The average molecular weight is 542 g/mol. The van der Waals surface area contributed by atoms with Gasteiger partial charge in [0.05, 0.1) is 23.9 Å². The van der Waals surface area contributed by atoms with Gasteiger partial charge >= 0.3 is 6.03 Å². The molecule has 3 N–H and O–H groups in total. The summed E-state index contributed by atoms with van der Waals surface area (Å²) in [6.07, 6.45) is 6.21. The number of para-hydroxylation sites is 1. The topological polar surface area (TPSA) is 120 Å². The number of hydrogen-bond acceptors (Lipinski definition) is 7. The molecule has 10 nitrogen and oxygen atoms in total. The van der Waals surface area contributed by atoms with E-state index in [1.807, 2.05) is 6.92 Å². The number of amides is 3. The highest BCUT2D eigenvalue weighted by atomic mass is 16.5. The quantitative estimate of drug-likeness (QED) is 0.444. The van der Waals surface area contributed by atoms with Crippen LogP contribution in [0.3, 0.4) is 0 Å². The Kier molecular flexibility index (Phi) is 9.50. The van der Waals surface area contributed by atoms with E-state index in [0.717, 1.165) is 6.54 Å². The van der Waals surface area contributed by atoms with Crippen LogP contribution in [0.4, 0.5) is 16.2 Å². The Hall–Kier alpha value is -3.11. The van der Waals surface area contributed by atoms with Crippen molar-refractivity contribution in [1.29, 1.82) is 0 Å². The molecule has 0 bridgehead atoms. The lowest BCUT2D eigenvalue weighted by molar-refractivity contribution is 0.0333. The number of benzene rings is 1. The van der Waals surface area contributed by atoms with Gasteiger partial charge in [-0.15, -0.1) is 0 Å². The molecule has 10 heteroatoms. The van der Waals surface area contributed by atoms with E-state index < -0.39 is 6.03 Å². The Morgan fingerprint density at radius 3 is 2.62 bits per heavy atom. The van der Waals surface area contributed by atoms with Crippen LogP contribution in [0, 0.1) is 25.7 Å². The number of ether oxygens (including phenoxy) is 1. The van der Waals surface area contributed by atoms with E-state index >= 15 is 0 Å². The summed E-state index contributed by atoms with van der Waals surface area (Å²) in [6.45, 7) is 9.41. The van der Waals surface area contributed by atoms with Crippen LogP contribution in [0.15, 0.2) is 22.7 Å². The number of nitrogens with one attached hydrogen (secondary N) is 2. The van der Waals surface area contributed by atoms with Crippen molar-refractivity contribution in [1.82, 2.24) is 15.0 Å². The summed E-state index contributed by atoms with van der Waals surface area (Å²) in [5.41, 5.74) is 1.83. The molecule has 1 saturated carbocycles. The Morgan fingerprint density at radius 1 is 1.21 bits per heavy atom. The van der Waals surface area contributed by atoms with Crippen LogP contribution in [-0.2, 0) is 0 Å². The van der Waals surface area contributed by atoms with E-state index in [2.05, 4.69) is 34.7 Å². The predicted molar refractivity (Wildman–Crippen MR) is 150 cm³/mol. The van der Waals surface area contributed by atoms with Gasteiger partial charge < -0.3 is 34.8 Å². The summed E-state index contributed by atoms with van der Waals surface area (Å²) in [7, 11) is 2.13. The summed E-state index contributed by atoms with van der Waals surface area (Å²) in [5, 5.41) is 19.5. The van der Waals surface area contributed by atoms with Gasteiger partial charge in [-0.05, 0) is 58.7 Å². The zero-order valence-electron chi connectivity index (χ0n) is 23.8. The van der Waals surface area contributed by atoms with Crippen molar-refractivity contribution in [3.8, 4) is 5.75 Å². The maximum Gasteiger partial charge on any atom is 0.323 e. The normalized spacial score (nSPS) is 21.1. The van der Waals surface area contributed by atoms with Gasteiger partial charge in [0.2, 0.25) is 0 Å². The molecule has 1 aliphatic heterocycles. The first kappa shape index (κ1) is 28.9. The number of aromatic nitrogens is 1. The van der Waals surface area contributed by atoms with E-state index in [-0.39, 0.29) is 30.6 Å². The molecule has 0 unspecified atom stereocenters. The standard InChI is InChI=1S/C29H43N5O5/c1-18-14-34(19(2)17-35)28(36)23-12-9-13-24(30-29(37)31-26-20(3)32-39-21(26)4)27(23)38-25(18)16-33(5)15-22-10-7-6-8-11-22/h9,12-13,18-19,22,25,35H,6-8,10-11,14-17H2,1-5H3,(H2,30,31,37)/t18-,19+,25-/m1/s1. The zero-order valence-corrected chi connectivity index (χ0v) is 23.8. The summed E-state index contributed by atoms with van der Waals surface area (Å²) < 4.78 is 11.8. The molecule has 1 aromatic carbocycles. The van der Waals surface area contributed by atoms with Crippen molar-refractivity contribution in [3.05, 3.63) is 35.2 Å². The van der Waals surface area contributed by atoms with Crippen LogP contribution in [0.25, 0.3) is 0 Å². The van der Waals surface area contributed by atoms with E-state index in [1.165, 1.54) is 32.1 Å². The van der Waals surface area contributed by atoms with Crippen LogP contribution in [0.2, 0.25) is 0 Å². The second kappa shape index (κ2) is 12.8. The van der Waals surface area contributed by atoms with E-state index in [1.54, 1.807) is 36.9 Å². The summed E-state index contributed by atoms with van der Waals surface area (Å²) in [6, 6.07) is 4.32. The number of anilines is 2. The Labute approximate surface area is 231 Å². The largest absolute Gasteiger partial charge is 0.486 e. The molecule has 2 aromatic rings. The van der Waals surface area contributed by atoms with Crippen molar-refractivity contribution in [2.24, 2.45) is 11.8 Å². The lowest BCUT2D eigenvalue weighted by Gasteiger charge is -2.39. The van der Waals surface area contributed by atoms with Crippen LogP contribution >= 0.6 is 0 Å². The Balaban J connectivity index is 1.61. The van der Waals surface area contributed by atoms with Gasteiger partial charge in [0, 0.05) is 25.6 Å². The molecule has 0 spiro atoms. The molecular formula is C29H43N5O5. The molecule has 2 heterocycles. The highest BCUT2D eigenvalue weighted by Crippen LogP contribution is 2.35. The minimum atomic E-state index is -0.490. The zero-order chi connectivity index (χ0) is 28.1. The molecule has 1 fully saturated rings. The summed E-state index contributed by atoms with van der Waals surface area (Å²) in [5.74, 6) is 1.30. The fourth-order valence-electron chi connectivity index (χ4n) is 5.68. The van der Waals surface area contributed by atoms with Crippen LogP contribution in [0.1, 0.15) is 67.8 Å². The molecule has 2 aliphatic rings. The third-order valence-corrected chi connectivity index (χ3v) is 8.00. The molecule has 39 heavy (non-hydrogen) atoms. The second-order valence-electron chi connectivity index (χ2n) is 11.3. The lowest BCUT2D eigenvalue weighted by atomic mass is 9.89. The van der Waals surface area contributed by atoms with E-state index in [4.69, 9.17) is 9.26 Å². The number of aliphatic hydroxyl groups is 1. The molecule has 3 atom stereocenters. The van der Waals surface area contributed by atoms with Crippen LogP contribution < -0.4 is 15.4 Å². The highest BCUT2D eigenvalue weighted by Gasteiger charge is 2.35. The number of carbonyl (C=O) groups is 2. The lowest BCUT2D eigenvalue weighted by Crippen LogP contribution is -2.50. The summed E-state index contributed by atoms with van der Waals surface area (Å²) >= 11 is 0. The van der Waals surface area contributed by atoms with Crippen molar-refractivity contribution >= 4 is 23.3 Å². The van der Waals surface area contributed by atoms with Crippen LogP contribution in [0.5, 0.6) is 5.75 Å².